The predicted octanol–water partition coefficient (Wildman–Crippen LogP) is 4.10. The Morgan fingerprint density at radius 3 is 2.63 bits per heavy atom. The fourth-order valence-corrected chi connectivity index (χ4v) is 4.53. The van der Waals surface area contributed by atoms with E-state index in [1.165, 1.54) is 12.1 Å². The van der Waals surface area contributed by atoms with Crippen LogP contribution in [0.3, 0.4) is 0 Å². The van der Waals surface area contributed by atoms with E-state index < -0.39 is 25.4 Å². The van der Waals surface area contributed by atoms with Gasteiger partial charge in [0.15, 0.2) is 5.65 Å². The first-order valence-corrected chi connectivity index (χ1v) is 16.0. The third kappa shape index (κ3) is 5.75. The van der Waals surface area contributed by atoms with Crippen molar-refractivity contribution in [2.45, 2.75) is 46.3 Å². The van der Waals surface area contributed by atoms with Gasteiger partial charge in [0.2, 0.25) is 5.91 Å². The maximum atomic E-state index is 13.8. The van der Waals surface area contributed by atoms with Gasteiger partial charge in [-0.1, -0.05) is 19.6 Å². The van der Waals surface area contributed by atoms with Gasteiger partial charge >= 0.3 is 5.97 Å². The molecule has 0 unspecified atom stereocenters. The van der Waals surface area contributed by atoms with Gasteiger partial charge in [0.05, 0.1) is 17.1 Å². The number of carbonyl (C=O) groups is 2. The van der Waals surface area contributed by atoms with Crippen molar-refractivity contribution in [3.05, 3.63) is 42.0 Å². The number of benzene rings is 1. The van der Waals surface area contributed by atoms with Gasteiger partial charge in [-0.3, -0.25) is 9.48 Å². The molecule has 0 saturated carbocycles. The molecule has 0 saturated heterocycles. The molecule has 0 aliphatic heterocycles. The number of aryl methyl sites for hydroxylation is 1. The van der Waals surface area contributed by atoms with E-state index in [9.17, 15) is 14.0 Å². The van der Waals surface area contributed by atoms with E-state index in [0.717, 1.165) is 6.04 Å². The highest BCUT2D eigenvalue weighted by Gasteiger charge is 2.29. The largest absolute Gasteiger partial charge is 0.461 e. The normalized spacial score (nSPS) is 12.4. The zero-order valence-electron chi connectivity index (χ0n) is 22.5. The number of esters is 1. The number of hydrogen-bond donors (Lipinski definition) is 1. The van der Waals surface area contributed by atoms with Crippen LogP contribution in [0, 0.1) is 11.2 Å². The van der Waals surface area contributed by atoms with Crippen molar-refractivity contribution in [1.29, 1.82) is 0 Å². The lowest BCUT2D eigenvalue weighted by molar-refractivity contribution is -0.127. The van der Waals surface area contributed by atoms with E-state index >= 15 is 0 Å². The molecule has 4 aromatic rings. The number of nitrogens with zero attached hydrogens (tertiary/aromatic N) is 5. The van der Waals surface area contributed by atoms with Crippen LogP contribution in [0.2, 0.25) is 25.7 Å². The highest BCUT2D eigenvalue weighted by atomic mass is 28.3. The molecule has 1 amide bonds. The molecule has 12 heteroatoms. The number of carbonyl (C=O) groups excluding carboxylic acids is 2. The van der Waals surface area contributed by atoms with E-state index in [4.69, 9.17) is 20.2 Å². The van der Waals surface area contributed by atoms with Crippen LogP contribution in [-0.4, -0.2) is 57.5 Å². The summed E-state index contributed by atoms with van der Waals surface area (Å²) >= 11 is 0. The summed E-state index contributed by atoms with van der Waals surface area (Å²) in [6.07, 6.45) is 3.16. The molecule has 0 aliphatic rings. The van der Waals surface area contributed by atoms with E-state index in [-0.39, 0.29) is 24.7 Å². The van der Waals surface area contributed by atoms with E-state index in [1.54, 1.807) is 48.6 Å². The zero-order chi connectivity index (χ0) is 27.8. The summed E-state index contributed by atoms with van der Waals surface area (Å²) in [7, 11) is 0.442. The average Bonchev–Trinajstić information content (AvgIpc) is 3.37. The van der Waals surface area contributed by atoms with Crippen molar-refractivity contribution in [1.82, 2.24) is 24.3 Å². The smallest absolute Gasteiger partial charge is 0.342 e. The van der Waals surface area contributed by atoms with Crippen LogP contribution in [0.5, 0.6) is 0 Å². The maximum Gasteiger partial charge on any atom is 0.342 e. The number of ether oxygens (including phenoxy) is 2. The Kier molecular flexibility index (Phi) is 7.39. The summed E-state index contributed by atoms with van der Waals surface area (Å²) in [5.41, 5.74) is 6.83. The van der Waals surface area contributed by atoms with Gasteiger partial charge in [-0.25, -0.2) is 19.2 Å². The third-order valence-corrected chi connectivity index (χ3v) is 8.00. The Hall–Kier alpha value is -3.64. The molecule has 0 spiro atoms. The number of primary amides is 1. The first kappa shape index (κ1) is 27.4. The van der Waals surface area contributed by atoms with Gasteiger partial charge in [0.1, 0.15) is 41.6 Å². The second kappa shape index (κ2) is 10.3. The number of fused-ring (bicyclic) bond motifs is 2. The van der Waals surface area contributed by atoms with Crippen molar-refractivity contribution in [2.75, 3.05) is 13.2 Å². The topological polar surface area (TPSA) is 127 Å². The molecule has 202 valence electrons. The molecule has 38 heavy (non-hydrogen) atoms. The van der Waals surface area contributed by atoms with E-state index in [1.807, 2.05) is 0 Å². The van der Waals surface area contributed by atoms with Crippen molar-refractivity contribution >= 4 is 42.0 Å². The molecule has 0 atom stereocenters. The van der Waals surface area contributed by atoms with Gasteiger partial charge in [-0.05, 0) is 38.1 Å². The van der Waals surface area contributed by atoms with Crippen LogP contribution in [0.1, 0.15) is 24.2 Å². The molecule has 0 radical (unpaired) electrons. The Morgan fingerprint density at radius 2 is 1.95 bits per heavy atom. The maximum absolute atomic E-state index is 13.8. The van der Waals surface area contributed by atoms with Crippen LogP contribution < -0.4 is 5.73 Å². The molecule has 0 bridgehead atoms. The second-order valence-electron chi connectivity index (χ2n) is 11.2. The second-order valence-corrected chi connectivity index (χ2v) is 16.9. The molecular formula is C26H33FN6O4Si. The SMILES string of the molecule is Cn1nc(-c2cnc3c(n2)c(C(=O)OCC(C)(C)C(N)=O)cn3COCC[Si](C)(C)C)c2ccc(F)cc21. The minimum absolute atomic E-state index is 0.176. The molecule has 3 heterocycles. The van der Waals surface area contributed by atoms with E-state index in [0.29, 0.717) is 40.1 Å². The van der Waals surface area contributed by atoms with Crippen molar-refractivity contribution in [2.24, 2.45) is 18.2 Å². The van der Waals surface area contributed by atoms with Crippen molar-refractivity contribution in [3.63, 3.8) is 0 Å². The Morgan fingerprint density at radius 1 is 1.21 bits per heavy atom. The summed E-state index contributed by atoms with van der Waals surface area (Å²) in [5, 5.41) is 5.21. The van der Waals surface area contributed by atoms with Crippen molar-refractivity contribution < 1.29 is 23.5 Å². The van der Waals surface area contributed by atoms with Gasteiger partial charge in [-0.15, -0.1) is 0 Å². The van der Waals surface area contributed by atoms with Gasteiger partial charge in [0.25, 0.3) is 0 Å². The summed E-state index contributed by atoms with van der Waals surface area (Å²) in [6.45, 7) is 10.6. The van der Waals surface area contributed by atoms with Gasteiger partial charge < -0.3 is 19.8 Å². The first-order chi connectivity index (χ1) is 17.8. The van der Waals surface area contributed by atoms with Gasteiger partial charge in [0, 0.05) is 33.3 Å². The molecule has 0 aliphatic carbocycles. The number of aromatic nitrogens is 5. The van der Waals surface area contributed by atoms with Crippen LogP contribution in [0.4, 0.5) is 4.39 Å². The van der Waals surface area contributed by atoms with E-state index in [2.05, 4.69) is 29.7 Å². The van der Waals surface area contributed by atoms with Crippen LogP contribution in [-0.2, 0) is 28.0 Å². The predicted molar refractivity (Wildman–Crippen MR) is 145 cm³/mol. The summed E-state index contributed by atoms with van der Waals surface area (Å²) in [6, 6.07) is 5.39. The number of rotatable bonds is 10. The highest BCUT2D eigenvalue weighted by molar-refractivity contribution is 6.76. The average molecular weight is 541 g/mol. The lowest BCUT2D eigenvalue weighted by Gasteiger charge is -2.19. The standard InChI is InChI=1S/C26H33FN6O4Si/c1-26(2,25(28)35)14-37-24(34)18-13-33(15-36-9-10-38(4,5)6)23-22(18)30-19(12-29-23)21-17-8-7-16(27)11-20(17)32(3)31-21/h7-8,11-13H,9-10,14-15H2,1-6H3,(H2,28,35). The lowest BCUT2D eigenvalue weighted by atomic mass is 9.94. The summed E-state index contributed by atoms with van der Waals surface area (Å²) < 4.78 is 28.4. The quantitative estimate of drug-likeness (QED) is 0.182. The fraction of sp³-hybridized carbons (Fsp3) is 0.423. The first-order valence-electron chi connectivity index (χ1n) is 12.3. The summed E-state index contributed by atoms with van der Waals surface area (Å²) in [4.78, 5) is 34.2. The van der Waals surface area contributed by atoms with Crippen molar-refractivity contribution in [3.8, 4) is 11.4 Å². The Bertz CT molecular complexity index is 1520. The fourth-order valence-electron chi connectivity index (χ4n) is 3.77. The summed E-state index contributed by atoms with van der Waals surface area (Å²) in [5.74, 6) is -1.61. The molecule has 3 aromatic heterocycles. The zero-order valence-corrected chi connectivity index (χ0v) is 23.5. The molecule has 2 N–H and O–H groups in total. The number of hydrogen-bond acceptors (Lipinski definition) is 7. The molecule has 4 rings (SSSR count). The minimum atomic E-state index is -1.28. The van der Waals surface area contributed by atoms with Gasteiger partial charge in [-0.2, -0.15) is 5.10 Å². The van der Waals surface area contributed by atoms with Crippen LogP contribution in [0.25, 0.3) is 33.5 Å². The molecule has 0 fully saturated rings. The molecule has 1 aromatic carbocycles. The number of nitrogens with two attached hydrogens (primary N) is 1. The molecule has 10 nitrogen and oxygen atoms in total. The van der Waals surface area contributed by atoms with Crippen LogP contribution >= 0.6 is 0 Å². The third-order valence-electron chi connectivity index (χ3n) is 6.30. The molecular weight excluding hydrogens is 507 g/mol. The Labute approximate surface area is 220 Å². The number of amides is 1. The minimum Gasteiger partial charge on any atom is -0.461 e. The monoisotopic (exact) mass is 540 g/mol. The lowest BCUT2D eigenvalue weighted by Crippen LogP contribution is -2.36. The highest BCUT2D eigenvalue weighted by Crippen LogP contribution is 2.29. The number of halogens is 1. The van der Waals surface area contributed by atoms with Crippen LogP contribution in [0.15, 0.2) is 30.6 Å². The Balaban J connectivity index is 1.73.